The number of alkyl halides is 4. The predicted octanol–water partition coefficient (Wildman–Crippen LogP) is 7.66. The van der Waals surface area contributed by atoms with Gasteiger partial charge in [-0.15, -0.1) is 11.3 Å². The van der Waals surface area contributed by atoms with Crippen LogP contribution in [0.4, 0.5) is 42.0 Å². The molecule has 2 N–H and O–H groups in total. The largest absolute Gasteiger partial charge is 0.461 e. The first kappa shape index (κ1) is 36.4. The number of likely N-dealkylation sites (tertiary alicyclic amines) is 1. The number of carbonyl (C=O) groups is 1. The molecule has 3 unspecified atom stereocenters. The number of rotatable bonds is 9. The summed E-state index contributed by atoms with van der Waals surface area (Å²) in [5, 5.41) is 9.24. The van der Waals surface area contributed by atoms with Crippen LogP contribution >= 0.6 is 11.3 Å². The molecule has 1 amide bonds. The molecular formula is C37H37F6N7O3S. The van der Waals surface area contributed by atoms with Crippen molar-refractivity contribution >= 4 is 49.2 Å². The number of hydrogen-bond acceptors (Lipinski definition) is 10. The number of nitrogens with two attached hydrogens (primary N) is 1. The number of halogens is 6. The van der Waals surface area contributed by atoms with E-state index in [0.29, 0.717) is 49.8 Å². The Hall–Kier alpha value is -4.56. The molecule has 2 aromatic carbocycles. The van der Waals surface area contributed by atoms with Gasteiger partial charge in [0.25, 0.3) is 0 Å². The number of hydrogen-bond donors (Lipinski definition) is 1. The quantitative estimate of drug-likeness (QED) is 0.171. The number of nitriles is 1. The standard InChI is InChI=1S/C37H37F6N7O3S/c1-2-50(21-8-11-48(16-21)35(51)52-17-19-4-5-19)33-23-12-25(37(41,42)43)28(22-6-7-26(39)31-27(22)24(14-44)32(45)54-31)29(40)30(23)46-34(47-33)53-18-36-9-3-10-49(36)15-20(38)13-36/h6-7,12,19-21H,2-5,8-11,13,15-18,45H2,1H3. The highest BCUT2D eigenvalue weighted by Gasteiger charge is 2.49. The molecule has 4 fully saturated rings. The maximum Gasteiger partial charge on any atom is 0.417 e. The lowest BCUT2D eigenvalue weighted by atomic mass is 9.92. The van der Waals surface area contributed by atoms with Gasteiger partial charge in [-0.25, -0.2) is 18.0 Å². The number of carbonyl (C=O) groups excluding carboxylic acids is 1. The first-order valence-electron chi connectivity index (χ1n) is 18.0. The van der Waals surface area contributed by atoms with E-state index >= 15 is 17.6 Å². The number of benzene rings is 2. The average Bonchev–Trinajstić information content (AvgIpc) is 3.38. The van der Waals surface area contributed by atoms with Crippen molar-refractivity contribution in [3.05, 3.63) is 41.0 Å². The van der Waals surface area contributed by atoms with Crippen LogP contribution in [0.5, 0.6) is 6.01 Å². The maximum absolute atomic E-state index is 17.3. The van der Waals surface area contributed by atoms with Gasteiger partial charge in [0, 0.05) is 55.0 Å². The smallest absolute Gasteiger partial charge is 0.417 e. The number of ether oxygens (including phenoxy) is 2. The molecule has 0 bridgehead atoms. The van der Waals surface area contributed by atoms with Crippen molar-refractivity contribution in [3.8, 4) is 23.2 Å². The molecule has 54 heavy (non-hydrogen) atoms. The van der Waals surface area contributed by atoms with Gasteiger partial charge in [-0.05, 0) is 69.2 Å². The Bertz CT molecular complexity index is 2190. The van der Waals surface area contributed by atoms with E-state index in [0.717, 1.165) is 37.5 Å². The summed E-state index contributed by atoms with van der Waals surface area (Å²) < 4.78 is 104. The third-order valence-corrected chi connectivity index (χ3v) is 12.3. The Morgan fingerprint density at radius 2 is 1.98 bits per heavy atom. The first-order valence-corrected chi connectivity index (χ1v) is 18.9. The average molecular weight is 774 g/mol. The van der Waals surface area contributed by atoms with Crippen LogP contribution in [0.25, 0.3) is 32.1 Å². The molecule has 286 valence electrons. The molecule has 4 aliphatic rings. The molecule has 0 radical (unpaired) electrons. The van der Waals surface area contributed by atoms with E-state index in [2.05, 4.69) is 9.97 Å². The molecular weight excluding hydrogens is 737 g/mol. The summed E-state index contributed by atoms with van der Waals surface area (Å²) in [5.41, 5.74) is 1.88. The fraction of sp³-hybridized carbons (Fsp3) is 0.514. The number of aromatic nitrogens is 2. The van der Waals surface area contributed by atoms with Crippen molar-refractivity contribution in [2.24, 2.45) is 5.92 Å². The van der Waals surface area contributed by atoms with Gasteiger partial charge in [-0.3, -0.25) is 4.90 Å². The van der Waals surface area contributed by atoms with Crippen LogP contribution in [0, 0.1) is 28.9 Å². The van der Waals surface area contributed by atoms with Crippen molar-refractivity contribution in [3.63, 3.8) is 0 Å². The number of thiophene rings is 1. The lowest BCUT2D eigenvalue weighted by Gasteiger charge is -2.32. The van der Waals surface area contributed by atoms with Crippen molar-refractivity contribution in [1.29, 1.82) is 5.26 Å². The summed E-state index contributed by atoms with van der Waals surface area (Å²) in [7, 11) is 0. The summed E-state index contributed by atoms with van der Waals surface area (Å²) in [4.78, 5) is 27.1. The molecule has 0 spiro atoms. The summed E-state index contributed by atoms with van der Waals surface area (Å²) in [6, 6.07) is 3.76. The van der Waals surface area contributed by atoms with E-state index in [1.807, 2.05) is 11.0 Å². The lowest BCUT2D eigenvalue weighted by Crippen LogP contribution is -2.43. The van der Waals surface area contributed by atoms with Crippen molar-refractivity contribution < 1.29 is 40.6 Å². The molecule has 10 nitrogen and oxygen atoms in total. The summed E-state index contributed by atoms with van der Waals surface area (Å²) in [6.45, 7) is 3.73. The lowest BCUT2D eigenvalue weighted by molar-refractivity contribution is -0.137. The van der Waals surface area contributed by atoms with Crippen LogP contribution in [-0.4, -0.2) is 89.6 Å². The van der Waals surface area contributed by atoms with Crippen LogP contribution < -0.4 is 15.4 Å². The summed E-state index contributed by atoms with van der Waals surface area (Å²) >= 11 is 0.679. The second-order valence-electron chi connectivity index (χ2n) is 14.6. The second kappa shape index (κ2) is 13.6. The minimum atomic E-state index is -5.13. The van der Waals surface area contributed by atoms with Crippen molar-refractivity contribution in [1.82, 2.24) is 19.8 Å². The van der Waals surface area contributed by atoms with Crippen molar-refractivity contribution in [2.75, 3.05) is 56.6 Å². The Kier molecular flexibility index (Phi) is 9.19. The summed E-state index contributed by atoms with van der Waals surface area (Å²) in [5.74, 6) is -1.89. The number of amides is 1. The molecule has 1 aliphatic carbocycles. The Morgan fingerprint density at radius 1 is 1.19 bits per heavy atom. The van der Waals surface area contributed by atoms with Gasteiger partial charge in [0.15, 0.2) is 5.82 Å². The van der Waals surface area contributed by atoms with Gasteiger partial charge in [0.05, 0.1) is 28.0 Å². The van der Waals surface area contributed by atoms with E-state index in [1.54, 1.807) is 11.8 Å². The molecule has 17 heteroatoms. The first-order chi connectivity index (χ1) is 25.8. The highest BCUT2D eigenvalue weighted by Crippen LogP contribution is 2.48. The van der Waals surface area contributed by atoms with E-state index in [9.17, 15) is 18.8 Å². The van der Waals surface area contributed by atoms with E-state index < -0.39 is 58.3 Å². The van der Waals surface area contributed by atoms with Crippen LogP contribution in [0.1, 0.15) is 56.6 Å². The minimum absolute atomic E-state index is 0.0259. The number of nitrogen functional groups attached to an aromatic ring is 1. The molecule has 8 rings (SSSR count). The molecule has 3 atom stereocenters. The van der Waals surface area contributed by atoms with Gasteiger partial charge >= 0.3 is 18.3 Å². The van der Waals surface area contributed by atoms with Crippen molar-refractivity contribution in [2.45, 2.75) is 69.4 Å². The minimum Gasteiger partial charge on any atom is -0.461 e. The Balaban J connectivity index is 1.28. The van der Waals surface area contributed by atoms with Gasteiger partial charge in [0.1, 0.15) is 41.0 Å². The van der Waals surface area contributed by atoms with E-state index in [-0.39, 0.29) is 76.1 Å². The number of likely N-dealkylation sites (N-methyl/N-ethyl adjacent to an activating group) is 1. The van der Waals surface area contributed by atoms with Crippen LogP contribution in [-0.2, 0) is 10.9 Å². The highest BCUT2D eigenvalue weighted by atomic mass is 32.1. The van der Waals surface area contributed by atoms with Gasteiger partial charge in [0.2, 0.25) is 0 Å². The normalized spacial score (nSPS) is 23.0. The van der Waals surface area contributed by atoms with Gasteiger partial charge < -0.3 is 25.0 Å². The van der Waals surface area contributed by atoms with Crippen LogP contribution in [0.2, 0.25) is 0 Å². The molecule has 1 saturated carbocycles. The zero-order valence-corrected chi connectivity index (χ0v) is 30.1. The molecule has 2 aromatic heterocycles. The molecule has 3 saturated heterocycles. The fourth-order valence-corrected chi connectivity index (χ4v) is 9.37. The summed E-state index contributed by atoms with van der Waals surface area (Å²) in [6.07, 6.45) is -2.52. The SMILES string of the molecule is CCN(c1nc(OCC23CCCN2CC(F)C3)nc2c(F)c(-c3ccc(F)c4sc(N)c(C#N)c34)c(C(F)(F)F)cc12)C1CCN(C(=O)OCC2CC2)C1. The third kappa shape index (κ3) is 6.30. The van der Waals surface area contributed by atoms with E-state index in [1.165, 1.54) is 4.90 Å². The Morgan fingerprint density at radius 3 is 2.70 bits per heavy atom. The zero-order chi connectivity index (χ0) is 38.1. The third-order valence-electron chi connectivity index (χ3n) is 11.2. The Labute approximate surface area is 310 Å². The van der Waals surface area contributed by atoms with Crippen LogP contribution in [0.3, 0.4) is 0 Å². The monoisotopic (exact) mass is 773 g/mol. The fourth-order valence-electron chi connectivity index (χ4n) is 8.43. The topological polar surface area (TPSA) is 121 Å². The number of nitrogens with zero attached hydrogens (tertiary/aromatic N) is 6. The maximum atomic E-state index is 17.3. The predicted molar refractivity (Wildman–Crippen MR) is 190 cm³/mol. The number of anilines is 2. The van der Waals surface area contributed by atoms with Gasteiger partial charge in [-0.2, -0.15) is 28.4 Å². The highest BCUT2D eigenvalue weighted by molar-refractivity contribution is 7.23. The van der Waals surface area contributed by atoms with E-state index in [4.69, 9.17) is 15.2 Å². The van der Waals surface area contributed by atoms with Crippen LogP contribution in [0.15, 0.2) is 18.2 Å². The zero-order valence-electron chi connectivity index (χ0n) is 29.3. The number of fused-ring (bicyclic) bond motifs is 3. The molecule has 4 aromatic rings. The molecule has 5 heterocycles. The second-order valence-corrected chi connectivity index (χ2v) is 15.7. The molecule has 3 aliphatic heterocycles. The van der Waals surface area contributed by atoms with Gasteiger partial charge in [-0.1, -0.05) is 6.07 Å².